The zero-order valence-electron chi connectivity index (χ0n) is 13.4. The second-order valence-corrected chi connectivity index (χ2v) is 6.61. The van der Waals surface area contributed by atoms with Crippen LogP contribution >= 0.6 is 11.3 Å². The molecule has 0 aliphatic rings. The third-order valence-electron chi connectivity index (χ3n) is 4.36. The fourth-order valence-corrected chi connectivity index (χ4v) is 3.25. The number of hydrogen-bond donors (Lipinski definition) is 2. The van der Waals surface area contributed by atoms with Gasteiger partial charge in [0.05, 0.1) is 12.0 Å². The molecule has 0 saturated carbocycles. The minimum atomic E-state index is -0.902. The number of aromatic nitrogens is 1. The smallest absolute Gasteiger partial charge is 0.311 e. The molecule has 2 N–H and O–H groups in total. The van der Waals surface area contributed by atoms with Gasteiger partial charge in [0.25, 0.3) is 5.91 Å². The maximum atomic E-state index is 12.4. The van der Waals surface area contributed by atoms with E-state index >= 15 is 0 Å². The standard InChI is InChI=1S/C17H22N2O3S/c1-3-17(4-2,16(21)22)12-18-15(20)14-8-5-9-19(14)11-13-7-6-10-23-13/h5-10H,3-4,11-12H2,1-2H3,(H,18,20)(H,21,22). The van der Waals surface area contributed by atoms with Gasteiger partial charge in [-0.25, -0.2) is 0 Å². The van der Waals surface area contributed by atoms with Crippen molar-refractivity contribution in [1.29, 1.82) is 0 Å². The highest BCUT2D eigenvalue weighted by Gasteiger charge is 2.35. The van der Waals surface area contributed by atoms with Crippen LogP contribution in [0, 0.1) is 5.41 Å². The molecule has 0 aromatic carbocycles. The van der Waals surface area contributed by atoms with Crippen LogP contribution in [0.4, 0.5) is 0 Å². The first-order valence-electron chi connectivity index (χ1n) is 7.71. The SMILES string of the molecule is CCC(CC)(CNC(=O)c1cccn1Cc1cccs1)C(=O)O. The number of carbonyl (C=O) groups is 2. The normalized spacial score (nSPS) is 11.4. The van der Waals surface area contributed by atoms with Gasteiger partial charge < -0.3 is 15.0 Å². The molecule has 23 heavy (non-hydrogen) atoms. The van der Waals surface area contributed by atoms with Gasteiger partial charge in [-0.05, 0) is 36.4 Å². The highest BCUT2D eigenvalue weighted by Crippen LogP contribution is 2.25. The zero-order chi connectivity index (χ0) is 16.9. The van der Waals surface area contributed by atoms with E-state index < -0.39 is 11.4 Å². The lowest BCUT2D eigenvalue weighted by Gasteiger charge is -2.26. The quantitative estimate of drug-likeness (QED) is 0.778. The summed E-state index contributed by atoms with van der Waals surface area (Å²) in [6.07, 6.45) is 2.82. The largest absolute Gasteiger partial charge is 0.481 e. The van der Waals surface area contributed by atoms with Gasteiger partial charge in [-0.1, -0.05) is 19.9 Å². The number of nitrogens with zero attached hydrogens (tertiary/aromatic N) is 1. The van der Waals surface area contributed by atoms with Crippen molar-refractivity contribution in [2.45, 2.75) is 33.2 Å². The highest BCUT2D eigenvalue weighted by atomic mass is 32.1. The van der Waals surface area contributed by atoms with E-state index in [-0.39, 0.29) is 12.5 Å². The monoisotopic (exact) mass is 334 g/mol. The Balaban J connectivity index is 2.07. The van der Waals surface area contributed by atoms with Crippen LogP contribution in [0.3, 0.4) is 0 Å². The lowest BCUT2D eigenvalue weighted by atomic mass is 9.82. The van der Waals surface area contributed by atoms with E-state index in [1.165, 1.54) is 0 Å². The Hall–Kier alpha value is -2.08. The van der Waals surface area contributed by atoms with Crippen molar-refractivity contribution < 1.29 is 14.7 Å². The molecule has 0 unspecified atom stereocenters. The molecular weight excluding hydrogens is 312 g/mol. The molecule has 0 radical (unpaired) electrons. The summed E-state index contributed by atoms with van der Waals surface area (Å²) in [6.45, 7) is 4.45. The van der Waals surface area contributed by atoms with E-state index in [1.54, 1.807) is 17.4 Å². The van der Waals surface area contributed by atoms with Crippen LogP contribution in [-0.2, 0) is 11.3 Å². The Bertz CT molecular complexity index is 657. The molecule has 5 nitrogen and oxygen atoms in total. The Morgan fingerprint density at radius 1 is 1.26 bits per heavy atom. The number of carboxylic acid groups (broad SMARTS) is 1. The molecule has 0 bridgehead atoms. The van der Waals surface area contributed by atoms with Gasteiger partial charge in [0.15, 0.2) is 0 Å². The van der Waals surface area contributed by atoms with Crippen molar-refractivity contribution in [3.63, 3.8) is 0 Å². The lowest BCUT2D eigenvalue weighted by Crippen LogP contribution is -2.42. The van der Waals surface area contributed by atoms with Crippen molar-refractivity contribution in [1.82, 2.24) is 9.88 Å². The molecule has 0 fully saturated rings. The van der Waals surface area contributed by atoms with E-state index in [9.17, 15) is 14.7 Å². The Morgan fingerprint density at radius 2 is 2.00 bits per heavy atom. The van der Waals surface area contributed by atoms with E-state index in [0.717, 1.165) is 4.88 Å². The van der Waals surface area contributed by atoms with E-state index in [0.29, 0.717) is 25.1 Å². The Labute approximate surface area is 139 Å². The van der Waals surface area contributed by atoms with E-state index in [1.807, 2.05) is 48.2 Å². The number of carbonyl (C=O) groups excluding carboxylic acids is 1. The number of nitrogens with one attached hydrogen (secondary N) is 1. The van der Waals surface area contributed by atoms with Crippen molar-refractivity contribution in [3.8, 4) is 0 Å². The molecule has 0 spiro atoms. The minimum Gasteiger partial charge on any atom is -0.481 e. The maximum absolute atomic E-state index is 12.4. The molecule has 0 atom stereocenters. The van der Waals surface area contributed by atoms with Gasteiger partial charge >= 0.3 is 5.97 Å². The molecule has 2 heterocycles. The highest BCUT2D eigenvalue weighted by molar-refractivity contribution is 7.09. The molecule has 2 rings (SSSR count). The van der Waals surface area contributed by atoms with Crippen LogP contribution in [0.2, 0.25) is 0 Å². The third kappa shape index (κ3) is 3.82. The molecule has 0 saturated heterocycles. The van der Waals surface area contributed by atoms with Crippen molar-refractivity contribution in [2.24, 2.45) is 5.41 Å². The number of amides is 1. The zero-order valence-corrected chi connectivity index (χ0v) is 14.2. The summed E-state index contributed by atoms with van der Waals surface area (Å²) < 4.78 is 1.88. The number of hydrogen-bond acceptors (Lipinski definition) is 3. The fourth-order valence-electron chi connectivity index (χ4n) is 2.55. The van der Waals surface area contributed by atoms with Crippen LogP contribution in [0.1, 0.15) is 42.1 Å². The molecule has 0 aliphatic heterocycles. The fraction of sp³-hybridized carbons (Fsp3) is 0.412. The van der Waals surface area contributed by atoms with Gasteiger partial charge in [-0.3, -0.25) is 9.59 Å². The first kappa shape index (κ1) is 17.3. The van der Waals surface area contributed by atoms with Gasteiger partial charge in [0.1, 0.15) is 5.69 Å². The average molecular weight is 334 g/mol. The Kier molecular flexibility index (Phi) is 5.60. The molecule has 2 aromatic heterocycles. The minimum absolute atomic E-state index is 0.137. The summed E-state index contributed by atoms with van der Waals surface area (Å²) in [6, 6.07) is 7.58. The topological polar surface area (TPSA) is 71.3 Å². The molecular formula is C17H22N2O3S. The number of rotatable bonds is 8. The maximum Gasteiger partial charge on any atom is 0.311 e. The molecule has 0 aliphatic carbocycles. The first-order chi connectivity index (χ1) is 11.0. The van der Waals surface area contributed by atoms with E-state index in [4.69, 9.17) is 0 Å². The summed E-state index contributed by atoms with van der Waals surface area (Å²) in [4.78, 5) is 25.1. The average Bonchev–Trinajstić information content (AvgIpc) is 3.20. The summed E-state index contributed by atoms with van der Waals surface area (Å²) in [5.41, 5.74) is -0.356. The molecule has 1 amide bonds. The van der Waals surface area contributed by atoms with Crippen LogP contribution in [-0.4, -0.2) is 28.1 Å². The van der Waals surface area contributed by atoms with Crippen molar-refractivity contribution in [3.05, 3.63) is 46.4 Å². The van der Waals surface area contributed by atoms with Gasteiger partial charge in [-0.15, -0.1) is 11.3 Å². The number of thiophene rings is 1. The van der Waals surface area contributed by atoms with Gasteiger partial charge in [-0.2, -0.15) is 0 Å². The van der Waals surface area contributed by atoms with Crippen LogP contribution in [0.25, 0.3) is 0 Å². The van der Waals surface area contributed by atoms with Gasteiger partial charge in [0, 0.05) is 17.6 Å². The van der Waals surface area contributed by atoms with Crippen LogP contribution in [0.5, 0.6) is 0 Å². The second kappa shape index (κ2) is 7.46. The Morgan fingerprint density at radius 3 is 2.57 bits per heavy atom. The third-order valence-corrected chi connectivity index (χ3v) is 5.22. The predicted molar refractivity (Wildman–Crippen MR) is 90.8 cm³/mol. The number of aliphatic carboxylic acids is 1. The van der Waals surface area contributed by atoms with Crippen LogP contribution < -0.4 is 5.32 Å². The molecule has 2 aromatic rings. The van der Waals surface area contributed by atoms with Crippen molar-refractivity contribution in [2.75, 3.05) is 6.54 Å². The van der Waals surface area contributed by atoms with Crippen molar-refractivity contribution >= 4 is 23.2 Å². The predicted octanol–water partition coefficient (Wildman–Crippen LogP) is 3.22. The first-order valence-corrected chi connectivity index (χ1v) is 8.59. The summed E-state index contributed by atoms with van der Waals surface area (Å²) >= 11 is 1.64. The summed E-state index contributed by atoms with van der Waals surface area (Å²) in [5.74, 6) is -1.10. The lowest BCUT2D eigenvalue weighted by molar-refractivity contribution is -0.149. The molecule has 124 valence electrons. The summed E-state index contributed by atoms with van der Waals surface area (Å²) in [5, 5.41) is 14.2. The van der Waals surface area contributed by atoms with Crippen LogP contribution in [0.15, 0.2) is 35.8 Å². The van der Waals surface area contributed by atoms with Gasteiger partial charge in [0.2, 0.25) is 0 Å². The molecule has 6 heteroatoms. The number of carboxylic acids is 1. The summed E-state index contributed by atoms with van der Waals surface area (Å²) in [7, 11) is 0. The second-order valence-electron chi connectivity index (χ2n) is 5.58. The van der Waals surface area contributed by atoms with E-state index in [2.05, 4.69) is 5.32 Å².